The molecule has 0 atom stereocenters. The Hall–Kier alpha value is -1.36. The van der Waals surface area contributed by atoms with Crippen molar-refractivity contribution in [2.24, 2.45) is 0 Å². The molecular formula is C12H15NO3S. The van der Waals surface area contributed by atoms with Crippen molar-refractivity contribution in [3.05, 3.63) is 29.1 Å². The highest BCUT2D eigenvalue weighted by atomic mass is 32.2. The lowest BCUT2D eigenvalue weighted by Gasteiger charge is -2.04. The van der Waals surface area contributed by atoms with Crippen LogP contribution in [0.25, 0.3) is 0 Å². The molecule has 0 aliphatic rings. The minimum atomic E-state index is -0.514. The predicted octanol–water partition coefficient (Wildman–Crippen LogP) is 1.98. The van der Waals surface area contributed by atoms with E-state index < -0.39 is 5.97 Å². The molecule has 0 spiro atoms. The molecule has 4 nitrogen and oxygen atoms in total. The van der Waals surface area contributed by atoms with E-state index in [0.717, 1.165) is 24.2 Å². The number of ether oxygens (including phenoxy) is 1. The summed E-state index contributed by atoms with van der Waals surface area (Å²) in [4.78, 5) is 26.0. The van der Waals surface area contributed by atoms with E-state index >= 15 is 0 Å². The molecule has 0 bridgehead atoms. The Kier molecular flexibility index (Phi) is 5.69. The summed E-state index contributed by atoms with van der Waals surface area (Å²) in [6, 6.07) is 3.39. The number of hydrogen-bond acceptors (Lipinski definition) is 5. The number of nitrogens with zero attached hydrogens (tertiary/aromatic N) is 1. The predicted molar refractivity (Wildman–Crippen MR) is 67.7 cm³/mol. The zero-order valence-corrected chi connectivity index (χ0v) is 10.8. The molecular weight excluding hydrogens is 238 g/mol. The number of aryl methyl sites for hydroxylation is 1. The monoisotopic (exact) mass is 253 g/mol. The van der Waals surface area contributed by atoms with Crippen molar-refractivity contribution in [3.63, 3.8) is 0 Å². The highest BCUT2D eigenvalue weighted by Gasteiger charge is 2.10. The van der Waals surface area contributed by atoms with Gasteiger partial charge in [-0.3, -0.25) is 4.79 Å². The summed E-state index contributed by atoms with van der Waals surface area (Å²) in [6.07, 6.45) is 4.52. The van der Waals surface area contributed by atoms with E-state index in [0.29, 0.717) is 6.29 Å². The van der Waals surface area contributed by atoms with Gasteiger partial charge < -0.3 is 4.74 Å². The van der Waals surface area contributed by atoms with E-state index in [1.54, 1.807) is 23.9 Å². The molecule has 0 aliphatic carbocycles. The number of carbonyl (C=O) groups is 2. The Morgan fingerprint density at radius 2 is 2.29 bits per heavy atom. The van der Waals surface area contributed by atoms with E-state index in [2.05, 4.69) is 9.72 Å². The van der Waals surface area contributed by atoms with Gasteiger partial charge in [-0.05, 0) is 42.5 Å². The number of aromatic nitrogens is 1. The van der Waals surface area contributed by atoms with Gasteiger partial charge in [-0.15, -0.1) is 0 Å². The molecule has 0 amide bonds. The summed E-state index contributed by atoms with van der Waals surface area (Å²) in [5.74, 6) is 0.534. The van der Waals surface area contributed by atoms with Gasteiger partial charge in [0, 0.05) is 0 Å². The molecule has 1 aromatic heterocycles. The molecule has 0 saturated heterocycles. The third-order valence-corrected chi connectivity index (χ3v) is 2.93. The number of aldehydes is 1. The van der Waals surface area contributed by atoms with Crippen LogP contribution in [0.15, 0.2) is 12.1 Å². The third-order valence-electron chi connectivity index (χ3n) is 2.23. The van der Waals surface area contributed by atoms with E-state index in [1.165, 1.54) is 7.11 Å². The van der Waals surface area contributed by atoms with E-state index in [-0.39, 0.29) is 11.4 Å². The van der Waals surface area contributed by atoms with Crippen LogP contribution in [0.3, 0.4) is 0 Å². The summed E-state index contributed by atoms with van der Waals surface area (Å²) in [7, 11) is 1.30. The average molecular weight is 253 g/mol. The lowest BCUT2D eigenvalue weighted by Crippen LogP contribution is -2.07. The van der Waals surface area contributed by atoms with E-state index in [9.17, 15) is 9.59 Å². The summed E-state index contributed by atoms with van der Waals surface area (Å²) < 4.78 is 4.59. The Morgan fingerprint density at radius 3 is 2.88 bits per heavy atom. The number of methoxy groups -OCH3 is 1. The van der Waals surface area contributed by atoms with Gasteiger partial charge in [-0.2, -0.15) is 11.8 Å². The summed E-state index contributed by atoms with van der Waals surface area (Å²) in [6.45, 7) is 0. The highest BCUT2D eigenvalue weighted by molar-refractivity contribution is 7.98. The number of hydrogen-bond donors (Lipinski definition) is 0. The zero-order valence-electron chi connectivity index (χ0n) is 9.93. The number of thioether (sulfide) groups is 1. The van der Waals surface area contributed by atoms with Crippen molar-refractivity contribution >= 4 is 24.0 Å². The Bertz CT molecular complexity index is 407. The molecule has 1 heterocycles. The lowest BCUT2D eigenvalue weighted by atomic mass is 10.1. The second-order valence-corrected chi connectivity index (χ2v) is 4.48. The summed E-state index contributed by atoms with van der Waals surface area (Å²) in [5, 5.41) is 0. The quantitative estimate of drug-likeness (QED) is 0.441. The highest BCUT2D eigenvalue weighted by Crippen LogP contribution is 2.10. The molecule has 0 radical (unpaired) electrons. The van der Waals surface area contributed by atoms with Gasteiger partial charge >= 0.3 is 5.97 Å². The van der Waals surface area contributed by atoms with Crippen LogP contribution in [0.4, 0.5) is 0 Å². The fourth-order valence-corrected chi connectivity index (χ4v) is 1.88. The van der Waals surface area contributed by atoms with E-state index in [4.69, 9.17) is 0 Å². The molecule has 0 fully saturated rings. The van der Waals surface area contributed by atoms with Crippen molar-refractivity contribution < 1.29 is 14.3 Å². The smallest absolute Gasteiger partial charge is 0.356 e. The summed E-state index contributed by atoms with van der Waals surface area (Å²) >= 11 is 1.77. The molecule has 0 N–H and O–H groups in total. The standard InChI is InChI=1S/C12H15NO3S/c1-16-12(15)11-7-9(4-3-5-17-2)6-10(8-14)13-11/h6-8H,3-5H2,1-2H3. The van der Waals surface area contributed by atoms with Gasteiger partial charge in [0.1, 0.15) is 11.4 Å². The summed E-state index contributed by atoms with van der Waals surface area (Å²) in [5.41, 5.74) is 1.40. The van der Waals surface area contributed by atoms with Crippen LogP contribution < -0.4 is 0 Å². The first-order valence-corrected chi connectivity index (χ1v) is 6.64. The lowest BCUT2D eigenvalue weighted by molar-refractivity contribution is 0.0594. The van der Waals surface area contributed by atoms with Gasteiger partial charge in [0.2, 0.25) is 0 Å². The van der Waals surface area contributed by atoms with Gasteiger partial charge in [0.25, 0.3) is 0 Å². The van der Waals surface area contributed by atoms with Gasteiger partial charge in [0.15, 0.2) is 6.29 Å². The van der Waals surface area contributed by atoms with Crippen LogP contribution >= 0.6 is 11.8 Å². The van der Waals surface area contributed by atoms with Crippen LogP contribution in [0.2, 0.25) is 0 Å². The fourth-order valence-electron chi connectivity index (χ4n) is 1.45. The number of esters is 1. The maximum atomic E-state index is 11.4. The molecule has 0 unspecified atom stereocenters. The fraction of sp³-hybridized carbons (Fsp3) is 0.417. The molecule has 0 saturated carbocycles. The Balaban J connectivity index is 2.89. The molecule has 17 heavy (non-hydrogen) atoms. The molecule has 5 heteroatoms. The van der Waals surface area contributed by atoms with Crippen LogP contribution in [-0.2, 0) is 11.2 Å². The number of rotatable bonds is 6. The van der Waals surface area contributed by atoms with Gasteiger partial charge in [-0.1, -0.05) is 0 Å². The van der Waals surface area contributed by atoms with Crippen molar-refractivity contribution in [3.8, 4) is 0 Å². The minimum Gasteiger partial charge on any atom is -0.464 e. The second-order valence-electron chi connectivity index (χ2n) is 3.49. The maximum absolute atomic E-state index is 11.4. The van der Waals surface area contributed by atoms with Gasteiger partial charge in [0.05, 0.1) is 7.11 Å². The van der Waals surface area contributed by atoms with E-state index in [1.807, 2.05) is 6.26 Å². The first-order valence-electron chi connectivity index (χ1n) is 5.24. The topological polar surface area (TPSA) is 56.3 Å². The van der Waals surface area contributed by atoms with Crippen LogP contribution in [0.5, 0.6) is 0 Å². The average Bonchev–Trinajstić information content (AvgIpc) is 2.37. The van der Waals surface area contributed by atoms with Crippen molar-refractivity contribution in [2.45, 2.75) is 12.8 Å². The largest absolute Gasteiger partial charge is 0.464 e. The third kappa shape index (κ3) is 4.19. The van der Waals surface area contributed by atoms with Crippen molar-refractivity contribution in [2.75, 3.05) is 19.1 Å². The molecule has 92 valence electrons. The normalized spacial score (nSPS) is 10.0. The van der Waals surface area contributed by atoms with Crippen LogP contribution in [-0.4, -0.2) is 36.4 Å². The molecule has 1 aromatic rings. The zero-order chi connectivity index (χ0) is 12.7. The first kappa shape index (κ1) is 13.7. The Morgan fingerprint density at radius 1 is 1.53 bits per heavy atom. The maximum Gasteiger partial charge on any atom is 0.356 e. The molecule has 1 rings (SSSR count). The minimum absolute atomic E-state index is 0.191. The van der Waals surface area contributed by atoms with Crippen LogP contribution in [0, 0.1) is 0 Å². The number of pyridine rings is 1. The van der Waals surface area contributed by atoms with Crippen molar-refractivity contribution in [1.82, 2.24) is 4.98 Å². The van der Waals surface area contributed by atoms with Crippen LogP contribution in [0.1, 0.15) is 33.0 Å². The molecule has 0 aliphatic heterocycles. The molecule has 0 aromatic carbocycles. The van der Waals surface area contributed by atoms with Crippen molar-refractivity contribution in [1.29, 1.82) is 0 Å². The second kappa shape index (κ2) is 7.06. The first-order chi connectivity index (χ1) is 8.21. The van der Waals surface area contributed by atoms with Gasteiger partial charge in [-0.25, -0.2) is 9.78 Å². The Labute approximate surface area is 105 Å². The number of carbonyl (C=O) groups excluding carboxylic acids is 2. The SMILES string of the molecule is COC(=O)c1cc(CCCSC)cc(C=O)n1.